The molecule has 0 aliphatic heterocycles. The summed E-state index contributed by atoms with van der Waals surface area (Å²) in [7, 11) is 6.30. The van der Waals surface area contributed by atoms with Crippen molar-refractivity contribution in [2.45, 2.75) is 48.0 Å². The fourth-order valence-electron chi connectivity index (χ4n) is 2.66. The van der Waals surface area contributed by atoms with E-state index in [9.17, 15) is 4.79 Å². The molecule has 1 amide bonds. The average molecular weight is 308 g/mol. The fourth-order valence-corrected chi connectivity index (χ4v) is 2.66. The Morgan fingerprint density at radius 3 is 1.55 bits per heavy atom. The minimum Gasteiger partial charge on any atom is -0.329 e. The molecule has 0 radical (unpaired) electrons. The molecule has 22 heavy (non-hydrogen) atoms. The Labute approximate surface area is 137 Å². The van der Waals surface area contributed by atoms with Gasteiger partial charge in [0, 0.05) is 17.8 Å². The maximum Gasteiger partial charge on any atom is 0.211 e. The quantitative estimate of drug-likeness (QED) is 0.623. The Hall–Kier alpha value is -1.35. The summed E-state index contributed by atoms with van der Waals surface area (Å²) < 4.78 is 0.779. The van der Waals surface area contributed by atoms with E-state index in [4.69, 9.17) is 0 Å². The highest BCUT2D eigenvalue weighted by Gasteiger charge is 2.20. The number of hydrogen-bond acceptors (Lipinski definition) is 1. The molecule has 0 atom stereocenters. The van der Waals surface area contributed by atoms with Crippen molar-refractivity contribution in [3.63, 3.8) is 0 Å². The lowest BCUT2D eigenvalue weighted by Gasteiger charge is -2.28. The second kappa shape index (κ2) is 7.77. The molecule has 1 aromatic rings. The van der Waals surface area contributed by atoms with Crippen LogP contribution in [-0.4, -0.2) is 27.6 Å². The van der Waals surface area contributed by atoms with Crippen LogP contribution in [0.2, 0.25) is 0 Å². The molecule has 0 saturated carbocycles. The highest BCUT2D eigenvalue weighted by Crippen LogP contribution is 2.31. The largest absolute Gasteiger partial charge is 0.329 e. The highest BCUT2D eigenvalue weighted by molar-refractivity contribution is 5.71. The number of nitrogens with zero attached hydrogens (tertiary/aromatic N) is 1. The predicted octanol–water partition coefficient (Wildman–Crippen LogP) is 4.92. The van der Waals surface area contributed by atoms with Crippen LogP contribution in [0.3, 0.4) is 0 Å². The molecule has 0 aromatic heterocycles. The van der Waals surface area contributed by atoms with Gasteiger partial charge in [0.1, 0.15) is 5.69 Å². The first-order valence-electron chi connectivity index (χ1n) is 7.87. The summed E-state index contributed by atoms with van der Waals surface area (Å²) in [6, 6.07) is 7.80. The van der Waals surface area contributed by atoms with E-state index in [1.54, 1.807) is 0 Å². The number of anilines is 1. The van der Waals surface area contributed by atoms with Crippen LogP contribution in [0.4, 0.5) is 11.4 Å². The Balaban J connectivity index is 0.000000433. The number of hydrogen-bond donors (Lipinski definition) is 1. The van der Waals surface area contributed by atoms with Crippen LogP contribution in [0.5, 0.6) is 0 Å². The zero-order valence-corrected chi connectivity index (χ0v) is 15.9. The zero-order valence-electron chi connectivity index (χ0n) is 15.9. The molecule has 0 bridgehead atoms. The van der Waals surface area contributed by atoms with Crippen molar-refractivity contribution in [3.05, 3.63) is 24.3 Å². The third-order valence-corrected chi connectivity index (χ3v) is 2.93. The molecule has 0 saturated heterocycles. The van der Waals surface area contributed by atoms with Gasteiger partial charge in [0.25, 0.3) is 0 Å². The molecular weight excluding hydrogens is 272 g/mol. The van der Waals surface area contributed by atoms with E-state index in [0.29, 0.717) is 17.2 Å². The molecule has 1 aromatic carbocycles. The third kappa shape index (κ3) is 10.4. The summed E-state index contributed by atoms with van der Waals surface area (Å²) in [4.78, 5) is 10.1. The lowest BCUT2D eigenvalue weighted by molar-refractivity contribution is -0.105. The number of rotatable bonds is 3. The lowest BCUT2D eigenvalue weighted by atomic mass is 9.78. The fraction of sp³-hybridized carbons (Fsp3) is 0.632. The maximum absolute atomic E-state index is 10.1. The van der Waals surface area contributed by atoms with Gasteiger partial charge in [-0.3, -0.25) is 9.28 Å². The van der Waals surface area contributed by atoms with Gasteiger partial charge in [-0.05, 0) is 29.4 Å². The summed E-state index contributed by atoms with van der Waals surface area (Å²) in [6.07, 6.45) is 1.97. The first-order valence-corrected chi connectivity index (χ1v) is 7.87. The third-order valence-electron chi connectivity index (χ3n) is 2.93. The second-order valence-electron chi connectivity index (χ2n) is 9.12. The van der Waals surface area contributed by atoms with E-state index in [0.717, 1.165) is 10.2 Å². The molecule has 0 unspecified atom stereocenters. The van der Waals surface area contributed by atoms with Crippen LogP contribution in [-0.2, 0) is 4.79 Å². The van der Waals surface area contributed by atoms with Crippen molar-refractivity contribution in [2.24, 2.45) is 10.8 Å². The van der Waals surface area contributed by atoms with Crippen LogP contribution in [0.1, 0.15) is 48.0 Å². The summed E-state index contributed by atoms with van der Waals surface area (Å²) in [5, 5.41) is 2.60. The van der Waals surface area contributed by atoms with Gasteiger partial charge in [0.15, 0.2) is 0 Å². The molecule has 0 aliphatic rings. The van der Waals surface area contributed by atoms with Crippen molar-refractivity contribution in [2.75, 3.05) is 26.5 Å². The second-order valence-corrected chi connectivity index (χ2v) is 9.12. The first kappa shape index (κ1) is 20.6. The molecule has 1 rings (SSSR count). The van der Waals surface area contributed by atoms with Crippen LogP contribution in [0.15, 0.2) is 24.3 Å². The van der Waals surface area contributed by atoms with E-state index in [-0.39, 0.29) is 0 Å². The van der Waals surface area contributed by atoms with Crippen molar-refractivity contribution in [1.82, 2.24) is 4.48 Å². The monoisotopic (exact) mass is 307 g/mol. The summed E-state index contributed by atoms with van der Waals surface area (Å²) in [5.74, 6) is 0. The van der Waals surface area contributed by atoms with Crippen molar-refractivity contribution < 1.29 is 4.79 Å². The summed E-state index contributed by atoms with van der Waals surface area (Å²) in [5.41, 5.74) is 3.00. The van der Waals surface area contributed by atoms with E-state index < -0.39 is 0 Å². The maximum atomic E-state index is 10.1. The number of amides is 1. The average Bonchev–Trinajstić information content (AvgIpc) is 2.24. The number of carbonyl (C=O) groups excluding carboxylic acids is 1. The van der Waals surface area contributed by atoms with Gasteiger partial charge in [-0.1, -0.05) is 41.5 Å². The van der Waals surface area contributed by atoms with Gasteiger partial charge in [0.2, 0.25) is 6.41 Å². The van der Waals surface area contributed by atoms with E-state index in [1.807, 2.05) is 24.3 Å². The van der Waals surface area contributed by atoms with Gasteiger partial charge in [-0.2, -0.15) is 0 Å². The number of benzene rings is 1. The minimum atomic E-state index is 0.484. The number of nitrogens with one attached hydrogen (secondary N) is 1. The predicted molar refractivity (Wildman–Crippen MR) is 99.2 cm³/mol. The highest BCUT2D eigenvalue weighted by atomic mass is 16.1. The molecule has 3 nitrogen and oxygen atoms in total. The van der Waals surface area contributed by atoms with Gasteiger partial charge in [0.05, 0.1) is 21.1 Å². The van der Waals surface area contributed by atoms with Crippen LogP contribution < -0.4 is 9.80 Å². The lowest BCUT2D eigenvalue weighted by Crippen LogP contribution is -2.34. The van der Waals surface area contributed by atoms with Crippen molar-refractivity contribution >= 4 is 17.8 Å². The SMILES string of the molecule is CC(C)(C)CC(C)(C)C.C[N+](C)(C)c1ccc(NC=O)cc1. The minimum absolute atomic E-state index is 0.484. The number of quaternary nitrogens is 1. The standard InChI is InChI=1S/C10H14N2O.C9H20/c1-12(2,3)10-6-4-9(5-7-10)11-8-13;1-8(2,3)7-9(4,5)6/h4-8H,1-3H3;7H2,1-6H3/p+1. The molecular formula is C19H35N2O+. The summed E-state index contributed by atoms with van der Waals surface area (Å²) in [6.45, 7) is 13.7. The smallest absolute Gasteiger partial charge is 0.211 e. The van der Waals surface area contributed by atoms with Crippen LogP contribution in [0, 0.1) is 10.8 Å². The van der Waals surface area contributed by atoms with Gasteiger partial charge in [-0.25, -0.2) is 0 Å². The van der Waals surface area contributed by atoms with E-state index in [2.05, 4.69) is 68.0 Å². The molecule has 0 heterocycles. The van der Waals surface area contributed by atoms with Crippen molar-refractivity contribution in [1.29, 1.82) is 0 Å². The van der Waals surface area contributed by atoms with Crippen LogP contribution in [0.25, 0.3) is 0 Å². The Morgan fingerprint density at radius 2 is 1.32 bits per heavy atom. The zero-order chi connectivity index (χ0) is 17.6. The molecule has 0 fully saturated rings. The molecule has 0 aliphatic carbocycles. The first-order chi connectivity index (χ1) is 9.74. The van der Waals surface area contributed by atoms with E-state index in [1.165, 1.54) is 12.1 Å². The van der Waals surface area contributed by atoms with Crippen molar-refractivity contribution in [3.8, 4) is 0 Å². The van der Waals surface area contributed by atoms with Gasteiger partial charge >= 0.3 is 0 Å². The normalized spacial score (nSPS) is 12.2. The van der Waals surface area contributed by atoms with Crippen LogP contribution >= 0.6 is 0 Å². The Kier molecular flexibility index (Phi) is 7.30. The summed E-state index contributed by atoms with van der Waals surface area (Å²) >= 11 is 0. The molecule has 126 valence electrons. The van der Waals surface area contributed by atoms with Gasteiger partial charge in [-0.15, -0.1) is 0 Å². The van der Waals surface area contributed by atoms with E-state index >= 15 is 0 Å². The molecule has 0 spiro atoms. The number of carbonyl (C=O) groups is 1. The Morgan fingerprint density at radius 1 is 0.909 bits per heavy atom. The topological polar surface area (TPSA) is 29.1 Å². The Bertz CT molecular complexity index is 430. The molecule has 1 N–H and O–H groups in total. The van der Waals surface area contributed by atoms with Gasteiger partial charge < -0.3 is 5.32 Å². The molecule has 3 heteroatoms.